The average molecular weight is 251 g/mol. The summed E-state index contributed by atoms with van der Waals surface area (Å²) in [6.45, 7) is 4.32. The van der Waals surface area contributed by atoms with Crippen molar-refractivity contribution < 1.29 is 9.09 Å². The third-order valence-corrected chi connectivity index (χ3v) is 5.78. The molecule has 1 aliphatic heterocycles. The summed E-state index contributed by atoms with van der Waals surface area (Å²) >= 11 is 0. The van der Waals surface area contributed by atoms with E-state index in [-0.39, 0.29) is 5.78 Å². The Labute approximate surface area is 103 Å². The first-order valence-electron chi connectivity index (χ1n) is 5.79. The first-order chi connectivity index (χ1) is 8.08. The van der Waals surface area contributed by atoms with E-state index in [9.17, 15) is 4.57 Å². The Balaban J connectivity index is 2.42. The number of benzene rings is 1. The van der Waals surface area contributed by atoms with Gasteiger partial charge in [0, 0.05) is 18.6 Å². The molecule has 1 heterocycles. The molecule has 17 heavy (non-hydrogen) atoms. The quantitative estimate of drug-likeness (QED) is 0.765. The fraction of sp³-hybridized carbons (Fsp3) is 0.385. The van der Waals surface area contributed by atoms with E-state index in [1.807, 2.05) is 56.1 Å². The minimum Gasteiger partial charge on any atom is -0.362 e. The predicted molar refractivity (Wildman–Crippen MR) is 69.9 cm³/mol. The van der Waals surface area contributed by atoms with Gasteiger partial charge in [-0.25, -0.2) is 0 Å². The molecular weight excluding hydrogens is 233 g/mol. The Bertz CT molecular complexity index is 470. The molecular formula is C13H18NO2P. The van der Waals surface area contributed by atoms with Crippen LogP contribution in [0.1, 0.15) is 25.2 Å². The van der Waals surface area contributed by atoms with Gasteiger partial charge >= 0.3 is 0 Å². The molecule has 92 valence electrons. The lowest BCUT2D eigenvalue weighted by atomic mass is 10.2. The van der Waals surface area contributed by atoms with E-state index in [2.05, 4.69) is 0 Å². The number of allylic oxidation sites excluding steroid dienone is 1. The van der Waals surface area contributed by atoms with Gasteiger partial charge in [-0.3, -0.25) is 4.57 Å². The monoisotopic (exact) mass is 251 g/mol. The van der Waals surface area contributed by atoms with Crippen molar-refractivity contribution in [2.24, 2.45) is 0 Å². The van der Waals surface area contributed by atoms with Crippen molar-refractivity contribution in [3.05, 3.63) is 47.4 Å². The zero-order chi connectivity index (χ0) is 12.5. The maximum Gasteiger partial charge on any atom is 0.253 e. The van der Waals surface area contributed by atoms with Crippen LogP contribution in [0, 0.1) is 0 Å². The Hall–Kier alpha value is -1.05. The summed E-state index contributed by atoms with van der Waals surface area (Å²) in [5, 5.41) is 0. The van der Waals surface area contributed by atoms with E-state index >= 15 is 0 Å². The number of hydrogen-bond acceptors (Lipinski definition) is 3. The Kier molecular flexibility index (Phi) is 3.41. The molecule has 4 heteroatoms. The van der Waals surface area contributed by atoms with Gasteiger partial charge in [0.2, 0.25) is 0 Å². The van der Waals surface area contributed by atoms with Crippen LogP contribution in [-0.2, 0) is 9.09 Å². The molecule has 0 saturated carbocycles. The van der Waals surface area contributed by atoms with Crippen LogP contribution in [0.25, 0.3) is 0 Å². The summed E-state index contributed by atoms with van der Waals surface area (Å²) in [7, 11) is -0.790. The molecule has 0 aromatic heterocycles. The standard InChI is InChI=1S/C13H18NO2P/c1-4-16-17(15)10-11(2)14(3)13(17)12-8-6-5-7-9-12/h5-10,13H,4H2,1-3H3. The summed E-state index contributed by atoms with van der Waals surface area (Å²) in [6, 6.07) is 9.89. The number of rotatable bonds is 3. The molecule has 1 aromatic carbocycles. The summed E-state index contributed by atoms with van der Waals surface area (Å²) < 4.78 is 18.4. The van der Waals surface area contributed by atoms with Crippen LogP contribution in [0.5, 0.6) is 0 Å². The van der Waals surface area contributed by atoms with E-state index in [1.54, 1.807) is 5.82 Å². The minimum atomic E-state index is -2.75. The number of nitrogens with zero attached hydrogens (tertiary/aromatic N) is 1. The largest absolute Gasteiger partial charge is 0.362 e. The van der Waals surface area contributed by atoms with Crippen molar-refractivity contribution in [2.45, 2.75) is 19.6 Å². The topological polar surface area (TPSA) is 29.5 Å². The fourth-order valence-electron chi connectivity index (χ4n) is 2.22. The molecule has 1 aliphatic rings. The SMILES string of the molecule is CCOP1(=O)C=C(C)N(C)C1c1ccccc1. The lowest BCUT2D eigenvalue weighted by molar-refractivity contribution is 0.305. The molecule has 0 saturated heterocycles. The van der Waals surface area contributed by atoms with Crippen LogP contribution in [-0.4, -0.2) is 18.6 Å². The first kappa shape index (κ1) is 12.4. The van der Waals surface area contributed by atoms with Crippen LogP contribution in [0.3, 0.4) is 0 Å². The van der Waals surface area contributed by atoms with Crippen LogP contribution in [0.2, 0.25) is 0 Å². The maximum atomic E-state index is 12.8. The Morgan fingerprint density at radius 3 is 2.59 bits per heavy atom. The van der Waals surface area contributed by atoms with Gasteiger partial charge < -0.3 is 9.42 Å². The van der Waals surface area contributed by atoms with Crippen molar-refractivity contribution in [2.75, 3.05) is 13.7 Å². The average Bonchev–Trinajstić information content (AvgIpc) is 2.51. The second-order valence-corrected chi connectivity index (χ2v) is 6.52. The Morgan fingerprint density at radius 2 is 2.00 bits per heavy atom. The first-order valence-corrected chi connectivity index (χ1v) is 7.56. The zero-order valence-corrected chi connectivity index (χ0v) is 11.4. The van der Waals surface area contributed by atoms with Gasteiger partial charge in [-0.1, -0.05) is 30.3 Å². The second-order valence-electron chi connectivity index (χ2n) is 4.23. The highest BCUT2D eigenvalue weighted by Gasteiger charge is 2.42. The van der Waals surface area contributed by atoms with E-state index in [0.29, 0.717) is 6.61 Å². The van der Waals surface area contributed by atoms with Crippen molar-refractivity contribution in [3.63, 3.8) is 0 Å². The molecule has 3 nitrogen and oxygen atoms in total. The van der Waals surface area contributed by atoms with Crippen molar-refractivity contribution in [3.8, 4) is 0 Å². The fourth-order valence-corrected chi connectivity index (χ4v) is 4.94. The van der Waals surface area contributed by atoms with Crippen molar-refractivity contribution in [1.29, 1.82) is 0 Å². The van der Waals surface area contributed by atoms with Gasteiger partial charge in [0.25, 0.3) is 7.37 Å². The molecule has 0 bridgehead atoms. The third-order valence-electron chi connectivity index (χ3n) is 3.06. The van der Waals surface area contributed by atoms with E-state index in [4.69, 9.17) is 4.52 Å². The van der Waals surface area contributed by atoms with Gasteiger partial charge in [0.05, 0.1) is 6.61 Å². The lowest BCUT2D eigenvalue weighted by Gasteiger charge is -2.27. The maximum absolute atomic E-state index is 12.8. The van der Waals surface area contributed by atoms with Gasteiger partial charge in [-0.05, 0) is 19.4 Å². The van der Waals surface area contributed by atoms with Crippen LogP contribution in [0.15, 0.2) is 41.8 Å². The smallest absolute Gasteiger partial charge is 0.253 e. The third kappa shape index (κ3) is 2.18. The van der Waals surface area contributed by atoms with E-state index in [1.165, 1.54) is 0 Å². The summed E-state index contributed by atoms with van der Waals surface area (Å²) in [5.74, 6) is 1.61. The minimum absolute atomic E-state index is 0.177. The summed E-state index contributed by atoms with van der Waals surface area (Å²) in [4.78, 5) is 2.03. The number of hydrogen-bond donors (Lipinski definition) is 0. The van der Waals surface area contributed by atoms with Gasteiger partial charge in [-0.2, -0.15) is 0 Å². The van der Waals surface area contributed by atoms with Crippen molar-refractivity contribution in [1.82, 2.24) is 4.90 Å². The van der Waals surface area contributed by atoms with E-state index < -0.39 is 7.37 Å². The molecule has 2 unspecified atom stereocenters. The normalized spacial score (nSPS) is 28.3. The highest BCUT2D eigenvalue weighted by atomic mass is 31.2. The highest BCUT2D eigenvalue weighted by molar-refractivity contribution is 7.62. The summed E-state index contributed by atoms with van der Waals surface area (Å²) in [6.07, 6.45) is 0. The summed E-state index contributed by atoms with van der Waals surface area (Å²) in [5.41, 5.74) is 2.05. The predicted octanol–water partition coefficient (Wildman–Crippen LogP) is 3.81. The zero-order valence-electron chi connectivity index (χ0n) is 10.5. The van der Waals surface area contributed by atoms with Crippen molar-refractivity contribution >= 4 is 7.37 Å². The second kappa shape index (κ2) is 4.67. The molecule has 2 rings (SSSR count). The van der Waals surface area contributed by atoms with Crippen LogP contribution >= 0.6 is 7.37 Å². The molecule has 0 amide bonds. The van der Waals surface area contributed by atoms with Gasteiger partial charge in [0.1, 0.15) is 5.78 Å². The molecule has 0 radical (unpaired) electrons. The molecule has 0 N–H and O–H groups in total. The van der Waals surface area contributed by atoms with Crippen LogP contribution in [0.4, 0.5) is 0 Å². The lowest BCUT2D eigenvalue weighted by Crippen LogP contribution is -2.18. The molecule has 0 aliphatic carbocycles. The molecule has 0 spiro atoms. The molecule has 0 fully saturated rings. The molecule has 2 atom stereocenters. The highest BCUT2D eigenvalue weighted by Crippen LogP contribution is 2.67. The van der Waals surface area contributed by atoms with Gasteiger partial charge in [0.15, 0.2) is 0 Å². The van der Waals surface area contributed by atoms with Crippen LogP contribution < -0.4 is 0 Å². The Morgan fingerprint density at radius 1 is 1.35 bits per heavy atom. The van der Waals surface area contributed by atoms with Gasteiger partial charge in [-0.15, -0.1) is 0 Å². The van der Waals surface area contributed by atoms with E-state index in [0.717, 1.165) is 11.3 Å². The molecule has 1 aromatic rings.